The van der Waals surface area contributed by atoms with Gasteiger partial charge in [-0.2, -0.15) is 10.1 Å². The Morgan fingerprint density at radius 3 is 3.15 bits per heavy atom. The predicted molar refractivity (Wildman–Crippen MR) is 76.7 cm³/mol. The first kappa shape index (κ1) is 11.8. The Balaban J connectivity index is 1.73. The van der Waals surface area contributed by atoms with E-state index in [0.717, 1.165) is 23.6 Å². The molecular formula is C14H14N4OS. The van der Waals surface area contributed by atoms with Crippen LogP contribution in [0.3, 0.4) is 0 Å². The minimum absolute atomic E-state index is 0.0273. The molecule has 2 atom stereocenters. The number of rotatable bonds is 1. The summed E-state index contributed by atoms with van der Waals surface area (Å²) in [7, 11) is 0. The summed E-state index contributed by atoms with van der Waals surface area (Å²) in [5.41, 5.74) is 1.89. The number of ketones is 1. The lowest BCUT2D eigenvalue weighted by atomic mass is 9.82. The maximum Gasteiger partial charge on any atom is 0.225 e. The van der Waals surface area contributed by atoms with Gasteiger partial charge in [0, 0.05) is 28.5 Å². The van der Waals surface area contributed by atoms with Crippen molar-refractivity contribution < 1.29 is 4.79 Å². The van der Waals surface area contributed by atoms with Crippen LogP contribution in [0, 0.1) is 0 Å². The van der Waals surface area contributed by atoms with Crippen LogP contribution in [-0.2, 0) is 4.79 Å². The highest BCUT2D eigenvalue weighted by molar-refractivity contribution is 7.10. The van der Waals surface area contributed by atoms with Crippen molar-refractivity contribution in [1.29, 1.82) is 0 Å². The van der Waals surface area contributed by atoms with Gasteiger partial charge in [-0.05, 0) is 24.8 Å². The smallest absolute Gasteiger partial charge is 0.225 e. The van der Waals surface area contributed by atoms with Crippen molar-refractivity contribution in [3.05, 3.63) is 40.0 Å². The SMILES string of the molecule is CC1C2=C(CC(c3cccs3)CC2=O)Nc2ncnn21. The third-order valence-corrected chi connectivity index (χ3v) is 5.11. The average Bonchev–Trinajstić information content (AvgIpc) is 3.09. The van der Waals surface area contributed by atoms with Gasteiger partial charge in [0.15, 0.2) is 5.78 Å². The van der Waals surface area contributed by atoms with Crippen LogP contribution in [-0.4, -0.2) is 20.5 Å². The van der Waals surface area contributed by atoms with Crippen molar-refractivity contribution in [2.24, 2.45) is 0 Å². The molecule has 0 saturated carbocycles. The molecule has 20 heavy (non-hydrogen) atoms. The number of nitrogens with zero attached hydrogens (tertiary/aromatic N) is 3. The molecule has 5 nitrogen and oxygen atoms in total. The fourth-order valence-electron chi connectivity index (χ4n) is 3.14. The van der Waals surface area contributed by atoms with E-state index < -0.39 is 0 Å². The van der Waals surface area contributed by atoms with Crippen LogP contribution in [0.2, 0.25) is 0 Å². The van der Waals surface area contributed by atoms with E-state index in [0.29, 0.717) is 6.42 Å². The summed E-state index contributed by atoms with van der Waals surface area (Å²) < 4.78 is 1.78. The zero-order valence-corrected chi connectivity index (χ0v) is 11.9. The molecule has 0 radical (unpaired) electrons. The van der Waals surface area contributed by atoms with Crippen molar-refractivity contribution in [1.82, 2.24) is 14.8 Å². The number of fused-ring (bicyclic) bond motifs is 1. The second kappa shape index (κ2) is 4.28. The maximum absolute atomic E-state index is 12.5. The molecule has 102 valence electrons. The Labute approximate surface area is 120 Å². The summed E-state index contributed by atoms with van der Waals surface area (Å²) in [5, 5.41) is 9.54. The molecule has 2 aliphatic rings. The highest BCUT2D eigenvalue weighted by Gasteiger charge is 2.36. The highest BCUT2D eigenvalue weighted by atomic mass is 32.1. The van der Waals surface area contributed by atoms with Gasteiger partial charge in [-0.3, -0.25) is 4.79 Å². The predicted octanol–water partition coefficient (Wildman–Crippen LogP) is 2.73. The van der Waals surface area contributed by atoms with Crippen LogP contribution in [0.15, 0.2) is 35.1 Å². The van der Waals surface area contributed by atoms with E-state index in [1.54, 1.807) is 16.0 Å². The van der Waals surface area contributed by atoms with E-state index in [-0.39, 0.29) is 17.7 Å². The minimum atomic E-state index is -0.0273. The number of thiophene rings is 1. The number of allylic oxidation sites excluding steroid dienone is 2. The van der Waals surface area contributed by atoms with E-state index in [9.17, 15) is 4.79 Å². The molecule has 0 amide bonds. The van der Waals surface area contributed by atoms with E-state index in [1.807, 2.05) is 13.0 Å². The first-order valence-corrected chi connectivity index (χ1v) is 7.58. The Hall–Kier alpha value is -1.95. The second-order valence-electron chi connectivity index (χ2n) is 5.27. The summed E-state index contributed by atoms with van der Waals surface area (Å²) >= 11 is 1.72. The van der Waals surface area contributed by atoms with Crippen LogP contribution in [0.5, 0.6) is 0 Å². The molecule has 0 bridgehead atoms. The largest absolute Gasteiger partial charge is 0.328 e. The molecule has 1 aliphatic heterocycles. The molecule has 2 aromatic heterocycles. The van der Waals surface area contributed by atoms with Crippen LogP contribution in [0.1, 0.15) is 36.6 Å². The molecule has 2 unspecified atom stereocenters. The second-order valence-corrected chi connectivity index (χ2v) is 6.24. The van der Waals surface area contributed by atoms with Crippen LogP contribution in [0.4, 0.5) is 5.95 Å². The number of aromatic nitrogens is 3. The monoisotopic (exact) mass is 286 g/mol. The number of nitrogens with one attached hydrogen (secondary N) is 1. The number of carbonyl (C=O) groups is 1. The number of carbonyl (C=O) groups excluding carboxylic acids is 1. The molecule has 0 aromatic carbocycles. The molecule has 6 heteroatoms. The molecule has 2 aromatic rings. The Bertz CT molecular complexity index is 701. The first-order valence-electron chi connectivity index (χ1n) is 6.70. The third kappa shape index (κ3) is 1.64. The van der Waals surface area contributed by atoms with Gasteiger partial charge in [-0.25, -0.2) is 4.68 Å². The van der Waals surface area contributed by atoms with Crippen molar-refractivity contribution in [3.8, 4) is 0 Å². The molecule has 3 heterocycles. The summed E-state index contributed by atoms with van der Waals surface area (Å²) in [6, 6.07) is 4.13. The van der Waals surface area contributed by atoms with Gasteiger partial charge in [-0.1, -0.05) is 6.07 Å². The van der Waals surface area contributed by atoms with Crippen LogP contribution >= 0.6 is 11.3 Å². The normalized spacial score (nSPS) is 25.1. The topological polar surface area (TPSA) is 59.8 Å². The number of hydrogen-bond acceptors (Lipinski definition) is 5. The Morgan fingerprint density at radius 1 is 1.45 bits per heavy atom. The van der Waals surface area contributed by atoms with Gasteiger partial charge >= 0.3 is 0 Å². The van der Waals surface area contributed by atoms with Gasteiger partial charge in [0.25, 0.3) is 0 Å². The van der Waals surface area contributed by atoms with E-state index in [2.05, 4.69) is 26.8 Å². The Morgan fingerprint density at radius 2 is 2.35 bits per heavy atom. The van der Waals surface area contributed by atoms with Crippen LogP contribution in [0.25, 0.3) is 0 Å². The standard InChI is InChI=1S/C14H14N4OS/c1-8-13-10(17-14-15-7-16-18(8)14)5-9(6-11(13)19)12-3-2-4-20-12/h2-4,7-9H,5-6H2,1H3,(H,15,16,17). The average molecular weight is 286 g/mol. The number of anilines is 1. The quantitative estimate of drug-likeness (QED) is 0.875. The maximum atomic E-state index is 12.5. The minimum Gasteiger partial charge on any atom is -0.328 e. The fourth-order valence-corrected chi connectivity index (χ4v) is 3.97. The van der Waals surface area contributed by atoms with Gasteiger partial charge < -0.3 is 5.32 Å². The third-order valence-electron chi connectivity index (χ3n) is 4.07. The molecule has 1 aliphatic carbocycles. The zero-order valence-electron chi connectivity index (χ0n) is 11.0. The summed E-state index contributed by atoms with van der Waals surface area (Å²) in [5.74, 6) is 1.25. The highest BCUT2D eigenvalue weighted by Crippen LogP contribution is 2.42. The molecule has 0 spiro atoms. The number of Topliss-reactive ketones (excluding diaryl/α,β-unsaturated/α-hetero) is 1. The number of hydrogen-bond donors (Lipinski definition) is 1. The van der Waals surface area contributed by atoms with Gasteiger partial charge in [0.2, 0.25) is 5.95 Å². The van der Waals surface area contributed by atoms with Gasteiger partial charge in [0.05, 0.1) is 6.04 Å². The van der Waals surface area contributed by atoms with E-state index in [1.165, 1.54) is 11.2 Å². The lowest BCUT2D eigenvalue weighted by Crippen LogP contribution is -2.31. The summed E-state index contributed by atoms with van der Waals surface area (Å²) in [6.45, 7) is 2.01. The summed E-state index contributed by atoms with van der Waals surface area (Å²) in [4.78, 5) is 18.0. The lowest BCUT2D eigenvalue weighted by Gasteiger charge is -2.33. The lowest BCUT2D eigenvalue weighted by molar-refractivity contribution is -0.116. The molecule has 0 saturated heterocycles. The zero-order chi connectivity index (χ0) is 13.7. The first-order chi connectivity index (χ1) is 9.74. The fraction of sp³-hybridized carbons (Fsp3) is 0.357. The van der Waals surface area contributed by atoms with Crippen LogP contribution < -0.4 is 5.32 Å². The van der Waals surface area contributed by atoms with Crippen molar-refractivity contribution in [2.45, 2.75) is 31.7 Å². The van der Waals surface area contributed by atoms with E-state index >= 15 is 0 Å². The molecular weight excluding hydrogens is 272 g/mol. The summed E-state index contributed by atoms with van der Waals surface area (Å²) in [6.07, 6.45) is 2.99. The molecule has 0 fully saturated rings. The molecule has 1 N–H and O–H groups in total. The molecule has 4 rings (SSSR count). The van der Waals surface area contributed by atoms with E-state index in [4.69, 9.17) is 0 Å². The van der Waals surface area contributed by atoms with Crippen molar-refractivity contribution in [2.75, 3.05) is 5.32 Å². The van der Waals surface area contributed by atoms with Gasteiger partial charge in [-0.15, -0.1) is 11.3 Å². The van der Waals surface area contributed by atoms with Gasteiger partial charge in [0.1, 0.15) is 6.33 Å². The Kier molecular flexibility index (Phi) is 2.53. The van der Waals surface area contributed by atoms with Crippen molar-refractivity contribution >= 4 is 23.1 Å². The van der Waals surface area contributed by atoms with Crippen molar-refractivity contribution in [3.63, 3.8) is 0 Å².